The number of sulfonamides is 1. The molecule has 1 unspecified atom stereocenters. The maximum Gasteiger partial charge on any atom is 0.244 e. The van der Waals surface area contributed by atoms with Crippen molar-refractivity contribution in [1.82, 2.24) is 10.2 Å². The van der Waals surface area contributed by atoms with Gasteiger partial charge >= 0.3 is 0 Å². The summed E-state index contributed by atoms with van der Waals surface area (Å²) in [5.41, 5.74) is 2.05. The molecule has 0 heterocycles. The van der Waals surface area contributed by atoms with Crippen LogP contribution in [0.15, 0.2) is 46.9 Å². The Balaban J connectivity index is 1.93. The van der Waals surface area contributed by atoms with E-state index in [2.05, 4.69) is 21.2 Å². The van der Waals surface area contributed by atoms with E-state index in [1.54, 1.807) is 37.4 Å². The summed E-state index contributed by atoms with van der Waals surface area (Å²) in [6.07, 6.45) is 5.49. The van der Waals surface area contributed by atoms with E-state index >= 15 is 0 Å². The van der Waals surface area contributed by atoms with E-state index in [0.29, 0.717) is 17.9 Å². The predicted molar refractivity (Wildman–Crippen MR) is 149 cm³/mol. The van der Waals surface area contributed by atoms with Gasteiger partial charge < -0.3 is 15.0 Å². The van der Waals surface area contributed by atoms with Crippen LogP contribution < -0.4 is 14.4 Å². The summed E-state index contributed by atoms with van der Waals surface area (Å²) in [6.45, 7) is 3.46. The maximum atomic E-state index is 13.8. The zero-order valence-electron chi connectivity index (χ0n) is 21.9. The molecule has 0 bridgehead atoms. The van der Waals surface area contributed by atoms with Gasteiger partial charge in [-0.2, -0.15) is 0 Å². The topological polar surface area (TPSA) is 96.0 Å². The van der Waals surface area contributed by atoms with E-state index < -0.39 is 28.5 Å². The van der Waals surface area contributed by atoms with Gasteiger partial charge in [-0.3, -0.25) is 13.9 Å². The van der Waals surface area contributed by atoms with Crippen LogP contribution >= 0.6 is 15.9 Å². The van der Waals surface area contributed by atoms with Crippen LogP contribution in [0.2, 0.25) is 0 Å². The van der Waals surface area contributed by atoms with Crippen LogP contribution in [0.1, 0.15) is 50.2 Å². The molecular formula is C27H36BrN3O5S. The number of rotatable bonds is 11. The number of halogens is 1. The predicted octanol–water partition coefficient (Wildman–Crippen LogP) is 4.40. The smallest absolute Gasteiger partial charge is 0.244 e. The molecule has 1 N–H and O–H groups in total. The first-order valence-corrected chi connectivity index (χ1v) is 15.1. The second kappa shape index (κ2) is 12.8. The Bertz CT molecular complexity index is 1200. The van der Waals surface area contributed by atoms with Crippen molar-refractivity contribution in [2.75, 3.05) is 24.2 Å². The molecule has 1 fully saturated rings. The van der Waals surface area contributed by atoms with Crippen LogP contribution in [0.3, 0.4) is 0 Å². The number of amides is 2. The monoisotopic (exact) mass is 593 g/mol. The quantitative estimate of drug-likeness (QED) is 0.416. The maximum absolute atomic E-state index is 13.8. The fourth-order valence-corrected chi connectivity index (χ4v) is 5.70. The normalized spacial score (nSPS) is 14.7. The molecule has 2 aromatic carbocycles. The lowest BCUT2D eigenvalue weighted by molar-refractivity contribution is -0.140. The highest BCUT2D eigenvalue weighted by Gasteiger charge is 2.33. The molecular weight excluding hydrogens is 558 g/mol. The minimum absolute atomic E-state index is 0.109. The summed E-state index contributed by atoms with van der Waals surface area (Å²) >= 11 is 3.43. The highest BCUT2D eigenvalue weighted by molar-refractivity contribution is 9.10. The van der Waals surface area contributed by atoms with Crippen molar-refractivity contribution in [3.05, 3.63) is 58.1 Å². The van der Waals surface area contributed by atoms with Crippen molar-refractivity contribution >= 4 is 43.5 Å². The third-order valence-corrected chi connectivity index (χ3v) is 8.74. The summed E-state index contributed by atoms with van der Waals surface area (Å²) in [5.74, 6) is 0.0263. The molecule has 2 amide bonds. The number of benzene rings is 2. The first-order chi connectivity index (χ1) is 17.5. The average Bonchev–Trinajstić information content (AvgIpc) is 3.36. The molecule has 202 valence electrons. The highest BCUT2D eigenvalue weighted by Crippen LogP contribution is 2.26. The van der Waals surface area contributed by atoms with Gasteiger partial charge in [-0.25, -0.2) is 8.42 Å². The summed E-state index contributed by atoms with van der Waals surface area (Å²) in [7, 11) is -2.20. The van der Waals surface area contributed by atoms with E-state index in [9.17, 15) is 18.0 Å². The molecule has 3 rings (SSSR count). The number of nitrogens with zero attached hydrogens (tertiary/aromatic N) is 2. The van der Waals surface area contributed by atoms with Crippen LogP contribution in [-0.2, 0) is 26.2 Å². The Hall–Kier alpha value is -2.59. The number of ether oxygens (including phenoxy) is 1. The Kier molecular flexibility index (Phi) is 10.0. The summed E-state index contributed by atoms with van der Waals surface area (Å²) in [4.78, 5) is 28.6. The number of methoxy groups -OCH3 is 1. The molecule has 37 heavy (non-hydrogen) atoms. The van der Waals surface area contributed by atoms with E-state index in [-0.39, 0.29) is 18.5 Å². The van der Waals surface area contributed by atoms with Gasteiger partial charge in [-0.15, -0.1) is 0 Å². The highest BCUT2D eigenvalue weighted by atomic mass is 79.9. The minimum Gasteiger partial charge on any atom is -0.497 e. The molecule has 0 aliphatic heterocycles. The molecule has 0 saturated heterocycles. The zero-order valence-corrected chi connectivity index (χ0v) is 24.3. The van der Waals surface area contributed by atoms with E-state index in [1.807, 2.05) is 26.0 Å². The van der Waals surface area contributed by atoms with Crippen molar-refractivity contribution in [3.63, 3.8) is 0 Å². The lowest BCUT2D eigenvalue weighted by Gasteiger charge is -2.33. The molecule has 1 atom stereocenters. The van der Waals surface area contributed by atoms with Crippen LogP contribution in [0.5, 0.6) is 5.75 Å². The Labute approximate surface area is 228 Å². The van der Waals surface area contributed by atoms with E-state index in [0.717, 1.165) is 51.8 Å². The molecule has 2 aromatic rings. The van der Waals surface area contributed by atoms with Gasteiger partial charge in [0.2, 0.25) is 21.8 Å². The van der Waals surface area contributed by atoms with Crippen LogP contribution in [-0.4, -0.2) is 57.1 Å². The second-order valence-corrected chi connectivity index (χ2v) is 12.2. The van der Waals surface area contributed by atoms with Gasteiger partial charge in [0.05, 0.1) is 19.1 Å². The third kappa shape index (κ3) is 7.70. The number of hydrogen-bond donors (Lipinski definition) is 1. The Morgan fingerprint density at radius 3 is 2.32 bits per heavy atom. The van der Waals surface area contributed by atoms with Gasteiger partial charge in [-0.1, -0.05) is 47.8 Å². The molecule has 0 radical (unpaired) electrons. The van der Waals surface area contributed by atoms with Gasteiger partial charge in [0.15, 0.2) is 0 Å². The van der Waals surface area contributed by atoms with Crippen LogP contribution in [0.25, 0.3) is 0 Å². The molecule has 1 aliphatic carbocycles. The molecule has 10 heteroatoms. The first-order valence-electron chi connectivity index (χ1n) is 12.5. The molecule has 1 aliphatic rings. The number of anilines is 1. The van der Waals surface area contributed by atoms with Gasteiger partial charge in [0.1, 0.15) is 18.3 Å². The molecule has 8 nitrogen and oxygen atoms in total. The number of carbonyl (C=O) groups excluding carboxylic acids is 2. The molecule has 0 spiro atoms. The van der Waals surface area contributed by atoms with Crippen molar-refractivity contribution in [1.29, 1.82) is 0 Å². The van der Waals surface area contributed by atoms with Gasteiger partial charge in [0.25, 0.3) is 0 Å². The van der Waals surface area contributed by atoms with Crippen molar-refractivity contribution in [3.8, 4) is 5.75 Å². The zero-order chi connectivity index (χ0) is 27.2. The van der Waals surface area contributed by atoms with Crippen molar-refractivity contribution in [2.45, 2.75) is 64.6 Å². The largest absolute Gasteiger partial charge is 0.497 e. The summed E-state index contributed by atoms with van der Waals surface area (Å²) in [6, 6.07) is 11.8. The average molecular weight is 595 g/mol. The number of hydrogen-bond acceptors (Lipinski definition) is 5. The molecule has 0 aromatic heterocycles. The van der Waals surface area contributed by atoms with Crippen LogP contribution in [0.4, 0.5) is 5.69 Å². The van der Waals surface area contributed by atoms with Gasteiger partial charge in [0, 0.05) is 17.1 Å². The Morgan fingerprint density at radius 1 is 1.14 bits per heavy atom. The third-order valence-electron chi connectivity index (χ3n) is 6.71. The van der Waals surface area contributed by atoms with Crippen molar-refractivity contribution < 1.29 is 22.7 Å². The fourth-order valence-electron chi connectivity index (χ4n) is 4.61. The van der Waals surface area contributed by atoms with Crippen molar-refractivity contribution in [2.24, 2.45) is 0 Å². The standard InChI is InChI=1S/C27H36BrN3O5S/c1-5-25(27(33)29-21-8-6-7-9-21)30(17-20-10-13-23(36-3)14-11-20)26(32)18-31(37(4,34)35)22-12-15-24(28)19(2)16-22/h10-16,21,25H,5-9,17-18H2,1-4H3,(H,29,33). The minimum atomic E-state index is -3.78. The SMILES string of the molecule is CCC(C(=O)NC1CCCC1)N(Cc1ccc(OC)cc1)C(=O)CN(c1ccc(Br)c(C)c1)S(C)(=O)=O. The van der Waals surface area contributed by atoms with E-state index in [4.69, 9.17) is 4.74 Å². The number of aryl methyl sites for hydroxylation is 1. The molecule has 1 saturated carbocycles. The fraction of sp³-hybridized carbons (Fsp3) is 0.481. The van der Waals surface area contributed by atoms with E-state index in [1.165, 1.54) is 4.90 Å². The lowest BCUT2D eigenvalue weighted by Crippen LogP contribution is -2.53. The van der Waals surface area contributed by atoms with Crippen LogP contribution in [0, 0.1) is 6.92 Å². The lowest BCUT2D eigenvalue weighted by atomic mass is 10.1. The summed E-state index contributed by atoms with van der Waals surface area (Å²) < 4.78 is 32.7. The second-order valence-electron chi connectivity index (χ2n) is 9.49. The number of nitrogens with one attached hydrogen (secondary N) is 1. The Morgan fingerprint density at radius 2 is 1.78 bits per heavy atom. The number of carbonyl (C=O) groups is 2. The summed E-state index contributed by atoms with van der Waals surface area (Å²) in [5, 5.41) is 3.11. The van der Waals surface area contributed by atoms with Gasteiger partial charge in [-0.05, 0) is 67.6 Å². The first kappa shape index (κ1) is 29.0.